The van der Waals surface area contributed by atoms with E-state index in [-0.39, 0.29) is 5.56 Å². The Bertz CT molecular complexity index is 1450. The Balaban J connectivity index is 1.63. The summed E-state index contributed by atoms with van der Waals surface area (Å²) in [6.45, 7) is 2.38. The van der Waals surface area contributed by atoms with Crippen molar-refractivity contribution >= 4 is 16.7 Å². The number of fused-ring (bicyclic) bond motifs is 1. The second-order valence-electron chi connectivity index (χ2n) is 7.62. The molecule has 0 bridgehead atoms. The fraction of sp³-hybridized carbons (Fsp3) is 0.0769. The third kappa shape index (κ3) is 4.39. The van der Waals surface area contributed by atoms with Crippen LogP contribution in [0.25, 0.3) is 33.4 Å². The van der Waals surface area contributed by atoms with Crippen molar-refractivity contribution in [3.63, 3.8) is 0 Å². The average molecular weight is 439 g/mol. The third-order valence-corrected chi connectivity index (χ3v) is 5.24. The molecule has 0 atom stereocenters. The number of rotatable bonds is 5. The van der Waals surface area contributed by atoms with Gasteiger partial charge in [-0.2, -0.15) is 0 Å². The van der Waals surface area contributed by atoms with E-state index < -0.39 is 11.6 Å². The van der Waals surface area contributed by atoms with Gasteiger partial charge in [0.25, 0.3) is 0 Å². The Morgan fingerprint density at radius 2 is 1.76 bits per heavy atom. The van der Waals surface area contributed by atoms with Gasteiger partial charge in [-0.3, -0.25) is 9.97 Å². The topological polar surface area (TPSA) is 63.6 Å². The summed E-state index contributed by atoms with van der Waals surface area (Å²) in [7, 11) is 0. The second-order valence-corrected chi connectivity index (χ2v) is 7.62. The fourth-order valence-corrected chi connectivity index (χ4v) is 3.65. The van der Waals surface area contributed by atoms with E-state index in [2.05, 4.69) is 20.3 Å². The first-order valence-corrected chi connectivity index (χ1v) is 10.4. The Labute approximate surface area is 189 Å². The van der Waals surface area contributed by atoms with Gasteiger partial charge in [0.15, 0.2) is 5.82 Å². The normalized spacial score (nSPS) is 11.0. The maximum atomic E-state index is 14.4. The zero-order valence-corrected chi connectivity index (χ0v) is 17.8. The molecule has 2 aromatic carbocycles. The van der Waals surface area contributed by atoms with Crippen molar-refractivity contribution in [1.29, 1.82) is 0 Å². The zero-order valence-electron chi connectivity index (χ0n) is 17.8. The van der Waals surface area contributed by atoms with Gasteiger partial charge in [0.05, 0.1) is 17.8 Å². The summed E-state index contributed by atoms with van der Waals surface area (Å²) in [5, 5.41) is 4.04. The van der Waals surface area contributed by atoms with Crippen molar-refractivity contribution in [3.8, 4) is 22.5 Å². The number of hydrogen-bond acceptors (Lipinski definition) is 5. The molecular formula is C26H19F2N5. The minimum absolute atomic E-state index is 0.180. The lowest BCUT2D eigenvalue weighted by molar-refractivity contribution is 0.603. The highest BCUT2D eigenvalue weighted by molar-refractivity contribution is 5.94. The molecule has 0 radical (unpaired) electrons. The number of aromatic nitrogens is 4. The number of benzene rings is 2. The van der Waals surface area contributed by atoms with Gasteiger partial charge in [-0.05, 0) is 67.1 Å². The van der Waals surface area contributed by atoms with Crippen molar-refractivity contribution in [2.75, 3.05) is 5.32 Å². The summed E-state index contributed by atoms with van der Waals surface area (Å²) in [6.07, 6.45) is 3.39. The molecule has 3 heterocycles. The second kappa shape index (κ2) is 8.70. The van der Waals surface area contributed by atoms with E-state index in [9.17, 15) is 8.78 Å². The highest BCUT2D eigenvalue weighted by atomic mass is 19.1. The predicted molar refractivity (Wildman–Crippen MR) is 124 cm³/mol. The minimum atomic E-state index is -0.501. The molecular weight excluding hydrogens is 420 g/mol. The summed E-state index contributed by atoms with van der Waals surface area (Å²) in [5.41, 5.74) is 3.94. The summed E-state index contributed by atoms with van der Waals surface area (Å²) in [6, 6.07) is 18.2. The molecule has 5 aromatic rings. The first kappa shape index (κ1) is 20.6. The number of pyridine rings is 2. The molecule has 7 heteroatoms. The molecule has 0 aliphatic rings. The van der Waals surface area contributed by atoms with E-state index in [1.165, 1.54) is 6.07 Å². The molecule has 0 saturated carbocycles. The summed E-state index contributed by atoms with van der Waals surface area (Å²) >= 11 is 0. The first-order valence-electron chi connectivity index (χ1n) is 10.4. The number of nitrogens with zero attached hydrogens (tertiary/aromatic N) is 4. The number of anilines is 1. The minimum Gasteiger partial charge on any atom is -0.364 e. The maximum Gasteiger partial charge on any atom is 0.163 e. The Morgan fingerprint density at radius 1 is 0.848 bits per heavy atom. The largest absolute Gasteiger partial charge is 0.364 e. The molecule has 1 N–H and O–H groups in total. The lowest BCUT2D eigenvalue weighted by atomic mass is 10.0. The van der Waals surface area contributed by atoms with Crippen molar-refractivity contribution in [3.05, 3.63) is 102 Å². The van der Waals surface area contributed by atoms with Crippen LogP contribution in [0.3, 0.4) is 0 Å². The first-order chi connectivity index (χ1) is 16.1. The van der Waals surface area contributed by atoms with Crippen molar-refractivity contribution in [2.45, 2.75) is 13.5 Å². The van der Waals surface area contributed by atoms with Crippen LogP contribution >= 0.6 is 0 Å². The van der Waals surface area contributed by atoms with Crippen LogP contribution < -0.4 is 5.32 Å². The van der Waals surface area contributed by atoms with Crippen LogP contribution in [0, 0.1) is 18.6 Å². The van der Waals surface area contributed by atoms with E-state index >= 15 is 0 Å². The molecule has 0 aliphatic carbocycles. The van der Waals surface area contributed by atoms with E-state index in [0.29, 0.717) is 34.7 Å². The van der Waals surface area contributed by atoms with E-state index in [1.54, 1.807) is 30.6 Å². The molecule has 0 amide bonds. The van der Waals surface area contributed by atoms with Gasteiger partial charge in [0.1, 0.15) is 17.5 Å². The van der Waals surface area contributed by atoms with Crippen molar-refractivity contribution in [2.24, 2.45) is 0 Å². The van der Waals surface area contributed by atoms with Gasteiger partial charge in [-0.25, -0.2) is 18.7 Å². The monoisotopic (exact) mass is 439 g/mol. The number of aryl methyl sites for hydroxylation is 1. The smallest absolute Gasteiger partial charge is 0.163 e. The standard InChI is InChI=1S/C26H19F2N5/c1-16-4-2-6-20(31-16)15-30-26-22-12-17(21-13-19(27)8-9-23(21)28)7-10-24(22)32-25(33-26)18-5-3-11-29-14-18/h2-14H,15H2,1H3,(H,30,32,33). The molecule has 0 aliphatic heterocycles. The van der Waals surface area contributed by atoms with Crippen LogP contribution in [0.15, 0.2) is 79.1 Å². The number of hydrogen-bond donors (Lipinski definition) is 1. The van der Waals surface area contributed by atoms with Crippen LogP contribution in [-0.2, 0) is 6.54 Å². The lowest BCUT2D eigenvalue weighted by Gasteiger charge is -2.13. The molecule has 0 unspecified atom stereocenters. The quantitative estimate of drug-likeness (QED) is 0.366. The fourth-order valence-electron chi connectivity index (χ4n) is 3.65. The molecule has 162 valence electrons. The summed E-state index contributed by atoms with van der Waals surface area (Å²) in [5.74, 6) is 0.0847. The van der Waals surface area contributed by atoms with Crippen LogP contribution in [0.4, 0.5) is 14.6 Å². The SMILES string of the molecule is Cc1cccc(CNc2nc(-c3cccnc3)nc3ccc(-c4cc(F)ccc4F)cc23)n1. The van der Waals surface area contributed by atoms with Gasteiger partial charge in [-0.1, -0.05) is 12.1 Å². The zero-order chi connectivity index (χ0) is 22.8. The Hall–Kier alpha value is -4.26. The molecule has 0 fully saturated rings. The number of halogens is 2. The van der Waals surface area contributed by atoms with Gasteiger partial charge in [0, 0.05) is 34.6 Å². The van der Waals surface area contributed by atoms with E-state index in [1.807, 2.05) is 37.3 Å². The van der Waals surface area contributed by atoms with Gasteiger partial charge >= 0.3 is 0 Å². The third-order valence-electron chi connectivity index (χ3n) is 5.24. The molecule has 0 spiro atoms. The average Bonchev–Trinajstić information content (AvgIpc) is 2.84. The van der Waals surface area contributed by atoms with Crippen molar-refractivity contribution < 1.29 is 8.78 Å². The van der Waals surface area contributed by atoms with E-state index in [4.69, 9.17) is 4.98 Å². The molecule has 3 aromatic heterocycles. The number of nitrogens with one attached hydrogen (secondary N) is 1. The Morgan fingerprint density at radius 3 is 2.58 bits per heavy atom. The molecule has 33 heavy (non-hydrogen) atoms. The molecule has 0 saturated heterocycles. The van der Waals surface area contributed by atoms with Gasteiger partial charge in [0.2, 0.25) is 0 Å². The van der Waals surface area contributed by atoms with Crippen LogP contribution in [0.2, 0.25) is 0 Å². The highest BCUT2D eigenvalue weighted by Gasteiger charge is 2.13. The lowest BCUT2D eigenvalue weighted by Crippen LogP contribution is -2.06. The van der Waals surface area contributed by atoms with Crippen LogP contribution in [0.5, 0.6) is 0 Å². The highest BCUT2D eigenvalue weighted by Crippen LogP contribution is 2.31. The summed E-state index contributed by atoms with van der Waals surface area (Å²) in [4.78, 5) is 18.1. The molecule has 5 rings (SSSR count). The van der Waals surface area contributed by atoms with Crippen LogP contribution in [0.1, 0.15) is 11.4 Å². The van der Waals surface area contributed by atoms with Crippen molar-refractivity contribution in [1.82, 2.24) is 19.9 Å². The van der Waals surface area contributed by atoms with E-state index in [0.717, 1.165) is 29.1 Å². The Kier molecular flexibility index (Phi) is 5.44. The maximum absolute atomic E-state index is 14.4. The predicted octanol–water partition coefficient (Wildman–Crippen LogP) is 5.95. The van der Waals surface area contributed by atoms with Gasteiger partial charge in [-0.15, -0.1) is 0 Å². The van der Waals surface area contributed by atoms with Crippen LogP contribution in [-0.4, -0.2) is 19.9 Å². The molecule has 5 nitrogen and oxygen atoms in total. The van der Waals surface area contributed by atoms with Gasteiger partial charge < -0.3 is 5.32 Å². The summed E-state index contributed by atoms with van der Waals surface area (Å²) < 4.78 is 28.2.